The Hall–Kier alpha value is -2.63. The number of rotatable bonds is 10. The Balaban J connectivity index is 1.30. The summed E-state index contributed by atoms with van der Waals surface area (Å²) in [5.74, 6) is -0.465. The lowest BCUT2D eigenvalue weighted by atomic mass is 9.99. The van der Waals surface area contributed by atoms with Crippen molar-refractivity contribution in [1.29, 1.82) is 0 Å². The maximum Gasteiger partial charge on any atom is 0.416 e. The highest BCUT2D eigenvalue weighted by molar-refractivity contribution is 5.78. The number of likely N-dealkylation sites (tertiary alicyclic amines) is 2. The molecular weight excluding hydrogens is 548 g/mol. The fraction of sp³-hybridized carbons (Fsp3) is 0.567. The third kappa shape index (κ3) is 9.44. The molecule has 1 N–H and O–H groups in total. The Bertz CT molecular complexity index is 1080. The summed E-state index contributed by atoms with van der Waals surface area (Å²) in [6, 6.07) is 11.2. The van der Waals surface area contributed by atoms with Crippen LogP contribution in [0.15, 0.2) is 48.5 Å². The van der Waals surface area contributed by atoms with Gasteiger partial charge < -0.3 is 15.0 Å². The Morgan fingerprint density at radius 2 is 1.49 bits per heavy atom. The predicted octanol–water partition coefficient (Wildman–Crippen LogP) is 6.09. The van der Waals surface area contributed by atoms with E-state index in [0.717, 1.165) is 44.6 Å². The van der Waals surface area contributed by atoms with Crippen molar-refractivity contribution in [1.82, 2.24) is 15.1 Å². The highest BCUT2D eigenvalue weighted by Gasteiger charge is 2.37. The van der Waals surface area contributed by atoms with E-state index in [-0.39, 0.29) is 43.2 Å². The molecule has 2 aromatic carbocycles. The average molecular weight is 586 g/mol. The van der Waals surface area contributed by atoms with Gasteiger partial charge in [0.15, 0.2) is 0 Å². The van der Waals surface area contributed by atoms with E-state index >= 15 is 0 Å². The maximum atomic E-state index is 13.2. The number of nitrogens with one attached hydrogen (secondary N) is 1. The van der Waals surface area contributed by atoms with Crippen LogP contribution in [0.3, 0.4) is 0 Å². The van der Waals surface area contributed by atoms with E-state index in [9.17, 15) is 31.1 Å². The average Bonchev–Trinajstić information content (AvgIpc) is 2.95. The fourth-order valence-corrected chi connectivity index (χ4v) is 5.64. The van der Waals surface area contributed by atoms with E-state index in [1.165, 1.54) is 19.3 Å². The van der Waals surface area contributed by atoms with E-state index in [1.54, 1.807) is 0 Å². The van der Waals surface area contributed by atoms with E-state index in [0.29, 0.717) is 18.2 Å². The zero-order chi connectivity index (χ0) is 29.5. The molecule has 1 amide bonds. The first-order valence-electron chi connectivity index (χ1n) is 14.1. The van der Waals surface area contributed by atoms with Gasteiger partial charge in [-0.1, -0.05) is 36.8 Å². The van der Waals surface area contributed by atoms with Crippen LogP contribution in [-0.4, -0.2) is 67.6 Å². The molecule has 0 bridgehead atoms. The van der Waals surface area contributed by atoms with Crippen molar-refractivity contribution < 1.29 is 35.9 Å². The molecule has 0 saturated carbocycles. The third-order valence-corrected chi connectivity index (χ3v) is 7.88. The summed E-state index contributed by atoms with van der Waals surface area (Å²) >= 11 is 0. The second-order valence-corrected chi connectivity index (χ2v) is 10.9. The van der Waals surface area contributed by atoms with Gasteiger partial charge in [-0.25, -0.2) is 0 Å². The van der Waals surface area contributed by atoms with Gasteiger partial charge >= 0.3 is 12.4 Å². The number of carbonyl (C=O) groups excluding carboxylic acids is 1. The number of amides is 1. The van der Waals surface area contributed by atoms with Crippen molar-refractivity contribution in [3.63, 3.8) is 0 Å². The number of carbonyl (C=O) groups is 1. The summed E-state index contributed by atoms with van der Waals surface area (Å²) in [7, 11) is 0. The van der Waals surface area contributed by atoms with E-state index in [4.69, 9.17) is 4.74 Å². The number of hydrogen-bond donors (Lipinski definition) is 1. The molecule has 2 aliphatic heterocycles. The second kappa shape index (κ2) is 14.0. The summed E-state index contributed by atoms with van der Waals surface area (Å²) in [4.78, 5) is 17.5. The number of ether oxygens (including phenoxy) is 1. The van der Waals surface area contributed by atoms with Gasteiger partial charge in [-0.15, -0.1) is 0 Å². The van der Waals surface area contributed by atoms with Crippen LogP contribution in [0.2, 0.25) is 0 Å². The molecule has 2 aromatic rings. The zero-order valence-corrected chi connectivity index (χ0v) is 22.9. The maximum absolute atomic E-state index is 13.2. The summed E-state index contributed by atoms with van der Waals surface area (Å²) in [6.45, 7) is 4.10. The second-order valence-electron chi connectivity index (χ2n) is 10.9. The molecule has 41 heavy (non-hydrogen) atoms. The lowest BCUT2D eigenvalue weighted by Crippen LogP contribution is -2.49. The number of halogens is 6. The van der Waals surface area contributed by atoms with Crippen LogP contribution < -0.4 is 5.32 Å². The molecule has 11 heteroatoms. The SMILES string of the molecule is O=C(CN1CCC(N2CCCCC2)CC1)NCC(COCc1cc(C(F)(F)F)cc(C(F)(F)F)c1)c1ccccc1. The molecular formula is C30H37F6N3O2. The molecule has 0 radical (unpaired) electrons. The predicted molar refractivity (Wildman–Crippen MR) is 143 cm³/mol. The molecule has 2 heterocycles. The summed E-state index contributed by atoms with van der Waals surface area (Å²) in [5, 5.41) is 2.94. The standard InChI is InChI=1S/C30H37F6N3O2/c31-29(32,33)25-15-22(16-26(17-25)30(34,35)36)20-41-21-24(23-7-3-1-4-8-23)18-37-28(40)19-38-13-9-27(10-14-38)39-11-5-2-6-12-39/h1,3-4,7-8,15-17,24,27H,2,5-6,9-14,18-21H2,(H,37,40). The van der Waals surface area contributed by atoms with Gasteiger partial charge in [0.1, 0.15) is 0 Å². The van der Waals surface area contributed by atoms with Crippen molar-refractivity contribution in [2.24, 2.45) is 0 Å². The Labute approximate surface area is 236 Å². The van der Waals surface area contributed by atoms with Crippen LogP contribution in [0.5, 0.6) is 0 Å². The van der Waals surface area contributed by atoms with Crippen molar-refractivity contribution in [2.75, 3.05) is 45.9 Å². The smallest absolute Gasteiger partial charge is 0.376 e. The number of hydrogen-bond acceptors (Lipinski definition) is 4. The van der Waals surface area contributed by atoms with Crippen LogP contribution in [0.4, 0.5) is 26.3 Å². The molecule has 2 fully saturated rings. The number of piperidine rings is 2. The van der Waals surface area contributed by atoms with Crippen molar-refractivity contribution in [3.05, 3.63) is 70.8 Å². The first-order chi connectivity index (χ1) is 19.5. The van der Waals surface area contributed by atoms with Crippen LogP contribution in [0.1, 0.15) is 60.3 Å². The lowest BCUT2D eigenvalue weighted by molar-refractivity contribution is -0.143. The summed E-state index contributed by atoms with van der Waals surface area (Å²) in [5.41, 5.74) is -2.14. The van der Waals surface area contributed by atoms with Crippen molar-refractivity contribution in [3.8, 4) is 0 Å². The largest absolute Gasteiger partial charge is 0.416 e. The fourth-order valence-electron chi connectivity index (χ4n) is 5.64. The summed E-state index contributed by atoms with van der Waals surface area (Å²) < 4.78 is 84.8. The van der Waals surface area contributed by atoms with Gasteiger partial charge in [-0.3, -0.25) is 9.69 Å². The third-order valence-electron chi connectivity index (χ3n) is 7.88. The van der Waals surface area contributed by atoms with Crippen LogP contribution in [0, 0.1) is 0 Å². The monoisotopic (exact) mass is 585 g/mol. The topological polar surface area (TPSA) is 44.8 Å². The normalized spacial score (nSPS) is 18.8. The minimum absolute atomic E-state index is 0.00309. The number of benzene rings is 2. The molecule has 1 atom stereocenters. The molecule has 0 aliphatic carbocycles. The van der Waals surface area contributed by atoms with E-state index in [1.807, 2.05) is 30.3 Å². The first-order valence-corrected chi connectivity index (χ1v) is 14.1. The van der Waals surface area contributed by atoms with Crippen LogP contribution in [0.25, 0.3) is 0 Å². The van der Waals surface area contributed by atoms with Crippen LogP contribution in [-0.2, 0) is 28.5 Å². The van der Waals surface area contributed by atoms with Gasteiger partial charge in [0.05, 0.1) is 30.9 Å². The Morgan fingerprint density at radius 1 is 0.878 bits per heavy atom. The molecule has 226 valence electrons. The Morgan fingerprint density at radius 3 is 2.07 bits per heavy atom. The van der Waals surface area contributed by atoms with Crippen LogP contribution >= 0.6 is 0 Å². The van der Waals surface area contributed by atoms with Gasteiger partial charge in [-0.2, -0.15) is 26.3 Å². The van der Waals surface area contributed by atoms with E-state index in [2.05, 4.69) is 15.1 Å². The Kier molecular flexibility index (Phi) is 10.7. The minimum Gasteiger partial charge on any atom is -0.376 e. The molecule has 4 rings (SSSR count). The first kappa shape index (κ1) is 31.3. The highest BCUT2D eigenvalue weighted by atomic mass is 19.4. The van der Waals surface area contributed by atoms with Gasteiger partial charge in [0, 0.05) is 31.6 Å². The highest BCUT2D eigenvalue weighted by Crippen LogP contribution is 2.36. The molecule has 1 unspecified atom stereocenters. The van der Waals surface area contributed by atoms with Gasteiger partial charge in [0.2, 0.25) is 5.91 Å². The van der Waals surface area contributed by atoms with Crippen molar-refractivity contribution >= 4 is 5.91 Å². The molecule has 5 nitrogen and oxygen atoms in total. The minimum atomic E-state index is -4.92. The number of alkyl halides is 6. The molecule has 0 aromatic heterocycles. The molecule has 0 spiro atoms. The zero-order valence-electron chi connectivity index (χ0n) is 22.9. The number of nitrogens with zero attached hydrogens (tertiary/aromatic N) is 2. The van der Waals surface area contributed by atoms with E-state index < -0.39 is 30.1 Å². The molecule has 2 saturated heterocycles. The van der Waals surface area contributed by atoms with Crippen molar-refractivity contribution in [2.45, 2.75) is 63.0 Å². The van der Waals surface area contributed by atoms with Gasteiger partial charge in [0.25, 0.3) is 0 Å². The quantitative estimate of drug-likeness (QED) is 0.343. The van der Waals surface area contributed by atoms with Gasteiger partial charge in [-0.05, 0) is 68.1 Å². The lowest BCUT2D eigenvalue weighted by Gasteiger charge is -2.40. The summed E-state index contributed by atoms with van der Waals surface area (Å²) in [6.07, 6.45) is -3.95. The molecule has 2 aliphatic rings.